The van der Waals surface area contributed by atoms with Crippen molar-refractivity contribution < 1.29 is 9.53 Å². The Kier molecular flexibility index (Phi) is 3.25. The molecule has 3 fully saturated rings. The summed E-state index contributed by atoms with van der Waals surface area (Å²) in [6, 6.07) is 2.44. The van der Waals surface area contributed by atoms with Crippen LogP contribution in [0.4, 0.5) is 5.82 Å². The minimum atomic E-state index is -0.390. The molecule has 1 saturated heterocycles. The van der Waals surface area contributed by atoms with Crippen molar-refractivity contribution in [3.8, 4) is 0 Å². The van der Waals surface area contributed by atoms with Crippen LogP contribution in [-0.2, 0) is 9.53 Å². The molecule has 1 aromatic rings. The third-order valence-electron chi connectivity index (χ3n) is 4.28. The summed E-state index contributed by atoms with van der Waals surface area (Å²) in [5, 5.41) is 3.01. The molecule has 0 spiro atoms. The highest BCUT2D eigenvalue weighted by atomic mass is 16.5. The highest BCUT2D eigenvalue weighted by molar-refractivity contribution is 5.82. The Morgan fingerprint density at radius 2 is 2.14 bits per heavy atom. The quantitative estimate of drug-likeness (QED) is 0.889. The number of nitrogens with one attached hydrogen (secondary N) is 1. The maximum Gasteiger partial charge on any atom is 0.251 e. The van der Waals surface area contributed by atoms with E-state index < -0.39 is 6.10 Å². The van der Waals surface area contributed by atoms with Gasteiger partial charge < -0.3 is 15.0 Å². The summed E-state index contributed by atoms with van der Waals surface area (Å²) in [4.78, 5) is 23.0. The molecule has 0 aromatic carbocycles. The van der Waals surface area contributed by atoms with Crippen LogP contribution in [-0.4, -0.2) is 47.7 Å². The van der Waals surface area contributed by atoms with Gasteiger partial charge in [-0.15, -0.1) is 0 Å². The Bertz CT molecular complexity index is 542. The first-order valence-electron chi connectivity index (χ1n) is 7.78. The zero-order chi connectivity index (χ0) is 14.2. The standard InChI is InChI=1S/C15H20N4O2/c20-15(18-11-3-4-11)13-8-19(5-6-21-13)14-7-12(10-1-2-10)16-9-17-14/h7,9-11,13H,1-6,8H2,(H,18,20). The van der Waals surface area contributed by atoms with Crippen LogP contribution in [0.5, 0.6) is 0 Å². The molecule has 1 N–H and O–H groups in total. The number of amides is 1. The van der Waals surface area contributed by atoms with E-state index in [0.29, 0.717) is 25.1 Å². The van der Waals surface area contributed by atoms with E-state index >= 15 is 0 Å². The highest BCUT2D eigenvalue weighted by Gasteiger charge is 2.32. The van der Waals surface area contributed by atoms with Gasteiger partial charge in [0.2, 0.25) is 0 Å². The SMILES string of the molecule is O=C(NC1CC1)C1CN(c2cc(C3CC3)ncn2)CCO1. The van der Waals surface area contributed by atoms with Crippen molar-refractivity contribution in [2.75, 3.05) is 24.6 Å². The summed E-state index contributed by atoms with van der Waals surface area (Å²) in [6.07, 6.45) is 5.89. The molecule has 6 nitrogen and oxygen atoms in total. The molecule has 21 heavy (non-hydrogen) atoms. The van der Waals surface area contributed by atoms with Crippen molar-refractivity contribution in [2.45, 2.75) is 43.7 Å². The number of rotatable bonds is 4. The fourth-order valence-electron chi connectivity index (χ4n) is 2.67. The zero-order valence-corrected chi connectivity index (χ0v) is 12.0. The molecule has 6 heteroatoms. The second-order valence-corrected chi connectivity index (χ2v) is 6.16. The summed E-state index contributed by atoms with van der Waals surface area (Å²) in [6.45, 7) is 1.90. The van der Waals surface area contributed by atoms with Crippen molar-refractivity contribution in [3.05, 3.63) is 18.1 Å². The van der Waals surface area contributed by atoms with Crippen molar-refractivity contribution >= 4 is 11.7 Å². The first-order chi connectivity index (χ1) is 10.3. The van der Waals surface area contributed by atoms with Crippen LogP contribution in [0, 0.1) is 0 Å². The molecule has 0 radical (unpaired) electrons. The molecule has 2 saturated carbocycles. The Balaban J connectivity index is 1.44. The molecule has 2 aliphatic carbocycles. The fraction of sp³-hybridized carbons (Fsp3) is 0.667. The number of carbonyl (C=O) groups is 1. The van der Waals surface area contributed by atoms with Gasteiger partial charge in [-0.05, 0) is 25.7 Å². The molecule has 0 bridgehead atoms. The number of anilines is 1. The lowest BCUT2D eigenvalue weighted by molar-refractivity contribution is -0.133. The summed E-state index contributed by atoms with van der Waals surface area (Å²) in [5.41, 5.74) is 1.13. The Hall–Kier alpha value is -1.69. The molecule has 4 rings (SSSR count). The van der Waals surface area contributed by atoms with Gasteiger partial charge >= 0.3 is 0 Å². The third-order valence-corrected chi connectivity index (χ3v) is 4.28. The van der Waals surface area contributed by atoms with E-state index in [1.807, 2.05) is 0 Å². The van der Waals surface area contributed by atoms with E-state index in [1.54, 1.807) is 6.33 Å². The lowest BCUT2D eigenvalue weighted by Crippen LogP contribution is -2.50. The van der Waals surface area contributed by atoms with Gasteiger partial charge in [0.25, 0.3) is 5.91 Å². The summed E-state index contributed by atoms with van der Waals surface area (Å²) in [5.74, 6) is 1.54. The number of hydrogen-bond acceptors (Lipinski definition) is 5. The second kappa shape index (κ2) is 5.26. The van der Waals surface area contributed by atoms with Crippen LogP contribution in [0.3, 0.4) is 0 Å². The van der Waals surface area contributed by atoms with Gasteiger partial charge in [-0.25, -0.2) is 9.97 Å². The van der Waals surface area contributed by atoms with Gasteiger partial charge in [-0.3, -0.25) is 4.79 Å². The van der Waals surface area contributed by atoms with Gasteiger partial charge in [0, 0.05) is 30.3 Å². The van der Waals surface area contributed by atoms with Gasteiger partial charge in [0.15, 0.2) is 6.10 Å². The Morgan fingerprint density at radius 3 is 2.90 bits per heavy atom. The summed E-state index contributed by atoms with van der Waals surface area (Å²) >= 11 is 0. The smallest absolute Gasteiger partial charge is 0.251 e. The minimum Gasteiger partial charge on any atom is -0.365 e. The van der Waals surface area contributed by atoms with E-state index in [9.17, 15) is 4.79 Å². The normalized spacial score (nSPS) is 25.7. The lowest BCUT2D eigenvalue weighted by atomic mass is 10.2. The molecule has 1 amide bonds. The predicted molar refractivity (Wildman–Crippen MR) is 77.1 cm³/mol. The molecule has 1 atom stereocenters. The molecule has 1 aliphatic heterocycles. The lowest BCUT2D eigenvalue weighted by Gasteiger charge is -2.33. The maximum absolute atomic E-state index is 12.1. The van der Waals surface area contributed by atoms with Gasteiger partial charge in [0.05, 0.1) is 13.2 Å². The molecular formula is C15H20N4O2. The molecule has 2 heterocycles. The second-order valence-electron chi connectivity index (χ2n) is 6.16. The number of morpholine rings is 1. The fourth-order valence-corrected chi connectivity index (χ4v) is 2.67. The van der Waals surface area contributed by atoms with Crippen molar-refractivity contribution in [3.63, 3.8) is 0 Å². The number of nitrogens with zero attached hydrogens (tertiary/aromatic N) is 3. The molecule has 112 valence electrons. The average Bonchev–Trinajstić information content (AvgIpc) is 3.40. The van der Waals surface area contributed by atoms with Crippen LogP contribution in [0.2, 0.25) is 0 Å². The van der Waals surface area contributed by atoms with E-state index in [0.717, 1.165) is 30.9 Å². The van der Waals surface area contributed by atoms with Gasteiger partial charge in [-0.2, -0.15) is 0 Å². The van der Waals surface area contributed by atoms with Crippen molar-refractivity contribution in [2.24, 2.45) is 0 Å². The molecule has 1 unspecified atom stereocenters. The average molecular weight is 288 g/mol. The topological polar surface area (TPSA) is 67.4 Å². The van der Waals surface area contributed by atoms with Gasteiger partial charge in [0.1, 0.15) is 12.1 Å². The van der Waals surface area contributed by atoms with Crippen LogP contribution in [0.15, 0.2) is 12.4 Å². The van der Waals surface area contributed by atoms with Crippen LogP contribution >= 0.6 is 0 Å². The molecule has 3 aliphatic rings. The summed E-state index contributed by atoms with van der Waals surface area (Å²) in [7, 11) is 0. The van der Waals surface area contributed by atoms with E-state index in [2.05, 4.69) is 26.3 Å². The van der Waals surface area contributed by atoms with Gasteiger partial charge in [-0.1, -0.05) is 0 Å². The van der Waals surface area contributed by atoms with Crippen molar-refractivity contribution in [1.82, 2.24) is 15.3 Å². The van der Waals surface area contributed by atoms with E-state index in [1.165, 1.54) is 12.8 Å². The number of hydrogen-bond donors (Lipinski definition) is 1. The third kappa shape index (κ3) is 3.00. The monoisotopic (exact) mass is 288 g/mol. The molecular weight excluding hydrogens is 268 g/mol. The van der Waals surface area contributed by atoms with Crippen LogP contribution in [0.1, 0.15) is 37.3 Å². The number of aromatic nitrogens is 2. The predicted octanol–water partition coefficient (Wildman–Crippen LogP) is 0.838. The first-order valence-corrected chi connectivity index (χ1v) is 7.78. The molecule has 1 aromatic heterocycles. The maximum atomic E-state index is 12.1. The number of carbonyl (C=O) groups excluding carboxylic acids is 1. The number of ether oxygens (including phenoxy) is 1. The van der Waals surface area contributed by atoms with E-state index in [-0.39, 0.29) is 5.91 Å². The highest BCUT2D eigenvalue weighted by Crippen LogP contribution is 2.39. The minimum absolute atomic E-state index is 0.0127. The zero-order valence-electron chi connectivity index (χ0n) is 12.0. The van der Waals surface area contributed by atoms with Crippen LogP contribution < -0.4 is 10.2 Å². The first kappa shape index (κ1) is 13.0. The summed E-state index contributed by atoms with van der Waals surface area (Å²) < 4.78 is 5.61. The Morgan fingerprint density at radius 1 is 1.29 bits per heavy atom. The van der Waals surface area contributed by atoms with Crippen molar-refractivity contribution in [1.29, 1.82) is 0 Å². The Labute approximate surface area is 123 Å². The van der Waals surface area contributed by atoms with Crippen LogP contribution in [0.25, 0.3) is 0 Å². The van der Waals surface area contributed by atoms with E-state index in [4.69, 9.17) is 4.74 Å². The largest absolute Gasteiger partial charge is 0.365 e.